The predicted octanol–water partition coefficient (Wildman–Crippen LogP) is -0.227. The van der Waals surface area contributed by atoms with Crippen LogP contribution in [0.15, 0.2) is 4.79 Å². The maximum Gasteiger partial charge on any atom is 0.290 e. The van der Waals surface area contributed by atoms with E-state index in [1.807, 2.05) is 0 Å². The molecule has 0 fully saturated rings. The second-order valence-electron chi connectivity index (χ2n) is 4.62. The lowest BCUT2D eigenvalue weighted by Gasteiger charge is -2.23. The summed E-state index contributed by atoms with van der Waals surface area (Å²) in [6.07, 6.45) is 0. The first-order chi connectivity index (χ1) is 6.31. The summed E-state index contributed by atoms with van der Waals surface area (Å²) in [5, 5.41) is 2.95. The molecule has 0 atom stereocenters. The van der Waals surface area contributed by atoms with Crippen LogP contribution in [0.1, 0.15) is 5.69 Å². The first-order valence-electron chi connectivity index (χ1n) is 4.66. The Bertz CT molecular complexity index is 369. The molecule has 5 nitrogen and oxygen atoms in total. The smallest absolute Gasteiger partial charge is 0.290 e. The minimum absolute atomic E-state index is 0.115. The van der Waals surface area contributed by atoms with Crippen LogP contribution in [0.25, 0.3) is 0 Å². The molecule has 0 radical (unpaired) electrons. The summed E-state index contributed by atoms with van der Waals surface area (Å²) in [6, 6.07) is 0. The Morgan fingerprint density at radius 3 is 2.36 bits per heavy atom. The van der Waals surface area contributed by atoms with Crippen molar-refractivity contribution in [3.63, 3.8) is 0 Å². The predicted molar refractivity (Wildman–Crippen MR) is 57.1 cm³/mol. The number of H-pyrrole nitrogens is 1. The van der Waals surface area contributed by atoms with Crippen LogP contribution in [0.5, 0.6) is 0 Å². The van der Waals surface area contributed by atoms with Crippen molar-refractivity contribution in [2.24, 2.45) is 0 Å². The Morgan fingerprint density at radius 1 is 1.43 bits per heavy atom. The van der Waals surface area contributed by atoms with E-state index in [1.165, 1.54) is 0 Å². The Hall–Kier alpha value is -1.23. The van der Waals surface area contributed by atoms with Gasteiger partial charge in [-0.1, -0.05) is 0 Å². The lowest BCUT2D eigenvalue weighted by molar-refractivity contribution is -0.871. The van der Waals surface area contributed by atoms with Crippen LogP contribution in [-0.4, -0.2) is 42.0 Å². The average molecular weight is 199 g/mol. The normalized spacial score (nSPS) is 12.0. The molecule has 80 valence electrons. The standard InChI is InChI=1S/C9H18N4O/c1-7-8(10)9(14)12(11-7)5-6-13(2,3)4/h5-6,10H2,1-4H3/p+1. The van der Waals surface area contributed by atoms with Gasteiger partial charge in [0, 0.05) is 0 Å². The van der Waals surface area contributed by atoms with E-state index in [4.69, 9.17) is 5.73 Å². The molecule has 0 unspecified atom stereocenters. The molecule has 0 amide bonds. The van der Waals surface area contributed by atoms with Gasteiger partial charge in [0.15, 0.2) is 0 Å². The van der Waals surface area contributed by atoms with Crippen molar-refractivity contribution in [1.82, 2.24) is 9.78 Å². The van der Waals surface area contributed by atoms with Crippen LogP contribution in [0.3, 0.4) is 0 Å². The number of aryl methyl sites for hydroxylation is 1. The Morgan fingerprint density at radius 2 is 2.00 bits per heavy atom. The fourth-order valence-corrected chi connectivity index (χ4v) is 1.18. The molecule has 0 saturated carbocycles. The van der Waals surface area contributed by atoms with E-state index in [9.17, 15) is 4.79 Å². The van der Waals surface area contributed by atoms with Crippen molar-refractivity contribution in [2.75, 3.05) is 33.4 Å². The number of hydrogen-bond acceptors (Lipinski definition) is 2. The van der Waals surface area contributed by atoms with Gasteiger partial charge in [0.1, 0.15) is 5.69 Å². The van der Waals surface area contributed by atoms with Gasteiger partial charge in [0.2, 0.25) is 0 Å². The first kappa shape index (κ1) is 10.8. The highest BCUT2D eigenvalue weighted by Crippen LogP contribution is 2.00. The molecule has 0 aliphatic carbocycles. The number of nitrogens with zero attached hydrogens (tertiary/aromatic N) is 2. The Labute approximate surface area is 83.7 Å². The summed E-state index contributed by atoms with van der Waals surface area (Å²) < 4.78 is 2.39. The highest BCUT2D eigenvalue weighted by atomic mass is 16.1. The number of hydrogen-bond donors (Lipinski definition) is 2. The molecule has 0 aliphatic rings. The zero-order valence-corrected chi connectivity index (χ0v) is 9.29. The molecule has 0 aliphatic heterocycles. The number of aromatic amines is 1. The average Bonchev–Trinajstić information content (AvgIpc) is 2.28. The van der Waals surface area contributed by atoms with Crippen molar-refractivity contribution in [3.05, 3.63) is 16.0 Å². The number of nitrogens with one attached hydrogen (secondary N) is 1. The fraction of sp³-hybridized carbons (Fsp3) is 0.667. The van der Waals surface area contributed by atoms with Gasteiger partial charge < -0.3 is 10.2 Å². The fourth-order valence-electron chi connectivity index (χ4n) is 1.18. The molecule has 0 bridgehead atoms. The zero-order chi connectivity index (χ0) is 10.9. The molecule has 1 aromatic rings. The monoisotopic (exact) mass is 199 g/mol. The summed E-state index contributed by atoms with van der Waals surface area (Å²) in [7, 11) is 6.26. The van der Waals surface area contributed by atoms with Crippen LogP contribution >= 0.6 is 0 Å². The lowest BCUT2D eigenvalue weighted by Crippen LogP contribution is -2.39. The van der Waals surface area contributed by atoms with E-state index in [-0.39, 0.29) is 5.56 Å². The van der Waals surface area contributed by atoms with Gasteiger partial charge in [0.25, 0.3) is 5.56 Å². The Kier molecular flexibility index (Phi) is 2.71. The van der Waals surface area contributed by atoms with Crippen LogP contribution in [0.2, 0.25) is 0 Å². The molecule has 14 heavy (non-hydrogen) atoms. The van der Waals surface area contributed by atoms with Crippen LogP contribution in [-0.2, 0) is 6.54 Å². The second kappa shape index (κ2) is 3.49. The number of anilines is 1. The minimum Gasteiger partial charge on any atom is -0.393 e. The van der Waals surface area contributed by atoms with Gasteiger partial charge in [-0.25, -0.2) is 4.68 Å². The van der Waals surface area contributed by atoms with Gasteiger partial charge in [-0.15, -0.1) is 0 Å². The van der Waals surface area contributed by atoms with Crippen LogP contribution in [0.4, 0.5) is 5.69 Å². The van der Waals surface area contributed by atoms with Gasteiger partial charge in [-0.3, -0.25) is 9.89 Å². The summed E-state index contributed by atoms with van der Waals surface area (Å²) in [5.41, 5.74) is 6.53. The number of nitrogen functional groups attached to an aromatic ring is 1. The van der Waals surface area contributed by atoms with Crippen molar-refractivity contribution >= 4 is 5.69 Å². The van der Waals surface area contributed by atoms with Crippen molar-refractivity contribution in [1.29, 1.82) is 0 Å². The Balaban J connectivity index is 2.79. The molecule has 0 saturated heterocycles. The summed E-state index contributed by atoms with van der Waals surface area (Å²) in [6.45, 7) is 3.36. The van der Waals surface area contributed by atoms with Crippen molar-refractivity contribution in [3.8, 4) is 0 Å². The largest absolute Gasteiger partial charge is 0.393 e. The topological polar surface area (TPSA) is 63.8 Å². The number of likely N-dealkylation sites (N-methyl/N-ethyl adjacent to an activating group) is 1. The van der Waals surface area contributed by atoms with E-state index >= 15 is 0 Å². The summed E-state index contributed by atoms with van der Waals surface area (Å²) in [5.74, 6) is 0. The second-order valence-corrected chi connectivity index (χ2v) is 4.62. The van der Waals surface area contributed by atoms with Crippen molar-refractivity contribution < 1.29 is 4.48 Å². The third-order valence-corrected chi connectivity index (χ3v) is 2.18. The summed E-state index contributed by atoms with van der Waals surface area (Å²) >= 11 is 0. The minimum atomic E-state index is -0.115. The molecular formula is C9H19N4O+. The van der Waals surface area contributed by atoms with E-state index < -0.39 is 0 Å². The van der Waals surface area contributed by atoms with Gasteiger partial charge >= 0.3 is 0 Å². The number of quaternary nitrogens is 1. The zero-order valence-electron chi connectivity index (χ0n) is 9.29. The van der Waals surface area contributed by atoms with Crippen LogP contribution in [0, 0.1) is 6.92 Å². The third-order valence-electron chi connectivity index (χ3n) is 2.18. The van der Waals surface area contributed by atoms with Crippen LogP contribution < -0.4 is 11.3 Å². The van der Waals surface area contributed by atoms with Gasteiger partial charge in [-0.05, 0) is 6.92 Å². The third kappa shape index (κ3) is 2.38. The van der Waals surface area contributed by atoms with Gasteiger partial charge in [0.05, 0.1) is 39.9 Å². The number of nitrogens with two attached hydrogens (primary N) is 1. The number of aromatic nitrogens is 2. The van der Waals surface area contributed by atoms with E-state index in [2.05, 4.69) is 26.2 Å². The maximum atomic E-state index is 11.5. The van der Waals surface area contributed by atoms with Crippen molar-refractivity contribution in [2.45, 2.75) is 13.5 Å². The quantitative estimate of drug-likeness (QED) is 0.661. The molecule has 1 aromatic heterocycles. The molecule has 0 spiro atoms. The maximum absolute atomic E-state index is 11.5. The van der Waals surface area contributed by atoms with E-state index in [0.29, 0.717) is 12.2 Å². The SMILES string of the molecule is Cc1[nH]n(CC[N+](C)(C)C)c(=O)c1N. The van der Waals surface area contributed by atoms with E-state index in [1.54, 1.807) is 11.6 Å². The highest BCUT2D eigenvalue weighted by Gasteiger charge is 2.11. The molecule has 0 aromatic carbocycles. The van der Waals surface area contributed by atoms with Gasteiger partial charge in [-0.2, -0.15) is 0 Å². The molecule has 3 N–H and O–H groups in total. The molecule has 1 heterocycles. The van der Waals surface area contributed by atoms with E-state index in [0.717, 1.165) is 16.7 Å². The molecule has 1 rings (SSSR count). The summed E-state index contributed by atoms with van der Waals surface area (Å²) in [4.78, 5) is 11.5. The molecular weight excluding hydrogens is 180 g/mol. The molecule has 5 heteroatoms. The highest BCUT2D eigenvalue weighted by molar-refractivity contribution is 5.39. The first-order valence-corrected chi connectivity index (χ1v) is 4.66. The number of rotatable bonds is 3. The lowest BCUT2D eigenvalue weighted by atomic mass is 10.4.